The molecule has 0 aliphatic carbocycles. The van der Waals surface area contributed by atoms with Crippen LogP contribution in [0.3, 0.4) is 0 Å². The molecule has 14 heavy (non-hydrogen) atoms. The van der Waals surface area contributed by atoms with Crippen LogP contribution in [0, 0.1) is 5.41 Å². The number of nitrogens with one attached hydrogen (secondary N) is 2. The second-order valence-electron chi connectivity index (χ2n) is 2.21. The lowest BCUT2D eigenvalue weighted by molar-refractivity contribution is 0.594. The first-order chi connectivity index (χ1) is 6.33. The van der Waals surface area contributed by atoms with Crippen molar-refractivity contribution in [1.82, 2.24) is 4.72 Å². The third-order valence-electron chi connectivity index (χ3n) is 1.11. The van der Waals surface area contributed by atoms with E-state index in [0.717, 1.165) is 11.3 Å². The van der Waals surface area contributed by atoms with Crippen LogP contribution in [0.4, 0.5) is 0 Å². The zero-order valence-electron chi connectivity index (χ0n) is 6.54. The average Bonchev–Trinajstić information content (AvgIpc) is 2.27. The number of nitrogens with two attached hydrogens (primary N) is 1. The Kier molecular flexibility index (Phi) is 3.40. The lowest BCUT2D eigenvalue weighted by atomic mass is 10.7. The maximum atomic E-state index is 11.5. The van der Waals surface area contributed by atoms with Gasteiger partial charge in [0, 0.05) is 0 Å². The predicted molar refractivity (Wildman–Crippen MR) is 59.3 cm³/mol. The molecule has 0 unspecified atom stereocenters. The molecule has 1 heterocycles. The van der Waals surface area contributed by atoms with Gasteiger partial charge in [0.25, 0.3) is 10.0 Å². The Labute approximate surface area is 97.9 Å². The molecule has 0 saturated carbocycles. The van der Waals surface area contributed by atoms with Crippen molar-refractivity contribution in [3.8, 4) is 0 Å². The first kappa shape index (κ1) is 11.8. The van der Waals surface area contributed by atoms with Gasteiger partial charge in [0.15, 0.2) is 10.2 Å². The molecule has 9 heteroatoms. The lowest BCUT2D eigenvalue weighted by Gasteiger charge is -2.03. The van der Waals surface area contributed by atoms with Crippen molar-refractivity contribution >= 4 is 54.9 Å². The highest BCUT2D eigenvalue weighted by Gasteiger charge is 2.21. The van der Waals surface area contributed by atoms with Gasteiger partial charge in [0.05, 0.1) is 8.81 Å². The summed E-state index contributed by atoms with van der Waals surface area (Å²) >= 11 is 9.54. The van der Waals surface area contributed by atoms with E-state index < -0.39 is 16.0 Å². The van der Waals surface area contributed by atoms with Crippen LogP contribution in [0.15, 0.2) is 14.7 Å². The fraction of sp³-hybridized carbons (Fsp3) is 0. The smallest absolute Gasteiger partial charge is 0.274 e. The van der Waals surface area contributed by atoms with Crippen LogP contribution in [0.1, 0.15) is 0 Å². The fourth-order valence-corrected chi connectivity index (χ4v) is 4.61. The molecule has 5 nitrogen and oxygen atoms in total. The monoisotopic (exact) mass is 317 g/mol. The maximum absolute atomic E-state index is 11.5. The van der Waals surface area contributed by atoms with Crippen molar-refractivity contribution in [3.05, 3.63) is 14.9 Å². The topological polar surface area (TPSA) is 96.0 Å². The minimum Gasteiger partial charge on any atom is -0.369 e. The summed E-state index contributed by atoms with van der Waals surface area (Å²) in [5.41, 5.74) is 4.92. The van der Waals surface area contributed by atoms with Gasteiger partial charge in [-0.25, -0.2) is 13.1 Å². The Morgan fingerprint density at radius 3 is 2.64 bits per heavy atom. The molecular weight excluding hydrogens is 314 g/mol. The van der Waals surface area contributed by atoms with Crippen LogP contribution in [-0.4, -0.2) is 14.4 Å². The Bertz CT molecular complexity index is 469. The maximum Gasteiger partial charge on any atom is 0.274 e. The molecule has 0 radical (unpaired) electrons. The summed E-state index contributed by atoms with van der Waals surface area (Å²) in [5, 5.41) is 6.82. The number of halogens is 2. The van der Waals surface area contributed by atoms with Crippen LogP contribution in [-0.2, 0) is 10.0 Å². The van der Waals surface area contributed by atoms with Crippen LogP contribution in [0.2, 0.25) is 4.34 Å². The SMILES string of the molecule is N=C(N)NS(=O)(=O)c1sc(Cl)cc1Br. The van der Waals surface area contributed by atoms with Gasteiger partial charge in [0.2, 0.25) is 0 Å². The minimum atomic E-state index is -3.78. The summed E-state index contributed by atoms with van der Waals surface area (Å²) in [5.74, 6) is -0.638. The molecule has 0 saturated heterocycles. The third kappa shape index (κ3) is 2.59. The number of rotatable bonds is 2. The summed E-state index contributed by atoms with van der Waals surface area (Å²) in [6.45, 7) is 0. The number of sulfonamides is 1. The molecule has 0 aliphatic rings. The van der Waals surface area contributed by atoms with Crippen LogP contribution >= 0.6 is 38.9 Å². The first-order valence-electron chi connectivity index (χ1n) is 3.14. The summed E-state index contributed by atoms with van der Waals surface area (Å²) in [7, 11) is -3.78. The van der Waals surface area contributed by atoms with Gasteiger partial charge in [-0.3, -0.25) is 5.41 Å². The predicted octanol–water partition coefficient (Wildman–Crippen LogP) is 1.34. The van der Waals surface area contributed by atoms with Crippen LogP contribution in [0.25, 0.3) is 0 Å². The van der Waals surface area contributed by atoms with Crippen molar-refractivity contribution < 1.29 is 8.42 Å². The largest absolute Gasteiger partial charge is 0.369 e. The quantitative estimate of drug-likeness (QED) is 0.567. The van der Waals surface area contributed by atoms with Crippen LogP contribution < -0.4 is 10.5 Å². The molecule has 0 bridgehead atoms. The Morgan fingerprint density at radius 2 is 2.29 bits per heavy atom. The summed E-state index contributed by atoms with van der Waals surface area (Å²) in [6, 6.07) is 1.46. The normalized spacial score (nSPS) is 11.3. The standard InChI is InChI=1S/C5H5BrClN3O2S2/c6-2-1-3(7)13-4(2)14(11,12)10-5(8)9/h1H,(H4,8,9,10). The van der Waals surface area contributed by atoms with Crippen LogP contribution in [0.5, 0.6) is 0 Å². The van der Waals surface area contributed by atoms with E-state index in [2.05, 4.69) is 15.9 Å². The van der Waals surface area contributed by atoms with E-state index >= 15 is 0 Å². The summed E-state index contributed by atoms with van der Waals surface area (Å²) < 4.78 is 25.5. The Hall–Kier alpha value is -0.310. The van der Waals surface area contributed by atoms with Crippen molar-refractivity contribution in [2.75, 3.05) is 0 Å². The van der Waals surface area contributed by atoms with Gasteiger partial charge in [-0.1, -0.05) is 11.6 Å². The van der Waals surface area contributed by atoms with Gasteiger partial charge in [-0.15, -0.1) is 11.3 Å². The molecule has 4 N–H and O–H groups in total. The number of thiophene rings is 1. The highest BCUT2D eigenvalue weighted by atomic mass is 79.9. The molecular formula is C5H5BrClN3O2S2. The van der Waals surface area contributed by atoms with Gasteiger partial charge >= 0.3 is 0 Å². The highest BCUT2D eigenvalue weighted by Crippen LogP contribution is 2.34. The summed E-state index contributed by atoms with van der Waals surface area (Å²) in [6.07, 6.45) is 0. The van der Waals surface area contributed by atoms with E-state index in [1.165, 1.54) is 6.07 Å². The average molecular weight is 319 g/mol. The molecule has 0 spiro atoms. The van der Waals surface area contributed by atoms with Gasteiger partial charge < -0.3 is 5.73 Å². The zero-order valence-corrected chi connectivity index (χ0v) is 10.5. The van der Waals surface area contributed by atoms with E-state index in [1.807, 2.05) is 4.72 Å². The summed E-state index contributed by atoms with van der Waals surface area (Å²) in [4.78, 5) is 0. The molecule has 0 fully saturated rings. The zero-order chi connectivity index (χ0) is 10.9. The molecule has 1 rings (SSSR count). The van der Waals surface area contributed by atoms with Crippen molar-refractivity contribution in [2.45, 2.75) is 4.21 Å². The second kappa shape index (κ2) is 4.05. The molecule has 0 atom stereocenters. The number of hydrogen-bond donors (Lipinski definition) is 3. The van der Waals surface area contributed by atoms with E-state index in [4.69, 9.17) is 22.7 Å². The van der Waals surface area contributed by atoms with Gasteiger partial charge in [-0.05, 0) is 22.0 Å². The van der Waals surface area contributed by atoms with Gasteiger partial charge in [0.1, 0.15) is 0 Å². The number of guanidine groups is 1. The van der Waals surface area contributed by atoms with E-state index in [1.54, 1.807) is 0 Å². The third-order valence-corrected chi connectivity index (χ3v) is 5.43. The lowest BCUT2D eigenvalue weighted by Crippen LogP contribution is -2.35. The van der Waals surface area contributed by atoms with Gasteiger partial charge in [-0.2, -0.15) is 0 Å². The van der Waals surface area contributed by atoms with Crippen molar-refractivity contribution in [2.24, 2.45) is 5.73 Å². The van der Waals surface area contributed by atoms with Crippen molar-refractivity contribution in [1.29, 1.82) is 5.41 Å². The van der Waals surface area contributed by atoms with E-state index in [-0.39, 0.29) is 4.21 Å². The van der Waals surface area contributed by atoms with Crippen molar-refractivity contribution in [3.63, 3.8) is 0 Å². The van der Waals surface area contributed by atoms with E-state index in [9.17, 15) is 8.42 Å². The highest BCUT2D eigenvalue weighted by molar-refractivity contribution is 9.10. The minimum absolute atomic E-state index is 0.00213. The molecule has 78 valence electrons. The first-order valence-corrected chi connectivity index (χ1v) is 6.61. The second-order valence-corrected chi connectivity index (χ2v) is 6.62. The van der Waals surface area contributed by atoms with E-state index in [0.29, 0.717) is 8.81 Å². The molecule has 0 aliphatic heterocycles. The Morgan fingerprint density at radius 1 is 1.71 bits per heavy atom. The number of hydrogen-bond acceptors (Lipinski definition) is 4. The molecule has 0 amide bonds. The molecule has 0 aromatic carbocycles. The Balaban J connectivity index is 3.16. The molecule has 1 aromatic heterocycles. The fourth-order valence-electron chi connectivity index (χ4n) is 0.700. The molecule has 1 aromatic rings.